The molecule has 2 N–H and O–H groups in total. The maximum atomic E-state index is 12.1. The van der Waals surface area contributed by atoms with Gasteiger partial charge in [0.1, 0.15) is 11.6 Å². The predicted octanol–water partition coefficient (Wildman–Crippen LogP) is 4.62. The van der Waals surface area contributed by atoms with Crippen LogP contribution in [0.25, 0.3) is 0 Å². The summed E-state index contributed by atoms with van der Waals surface area (Å²) in [5.74, 6) is 1.11. The molecule has 0 fully saturated rings. The average Bonchev–Trinajstić information content (AvgIpc) is 3.10. The molecule has 3 aromatic rings. The van der Waals surface area contributed by atoms with Gasteiger partial charge in [-0.05, 0) is 55.3 Å². The standard InChI is InChI=1S/C19H18ClN3O2/c1-12-8-13(2)18(16(20)9-12)23-17-6-5-14(10-21-17)19(24)22-11-15-4-3-7-25-15/h3-10H,11H2,1-2H3,(H,21,23)(H,22,24). The first-order chi connectivity index (χ1) is 12.0. The topological polar surface area (TPSA) is 67.2 Å². The highest BCUT2D eigenvalue weighted by Gasteiger charge is 2.09. The summed E-state index contributed by atoms with van der Waals surface area (Å²) in [7, 11) is 0. The number of benzene rings is 1. The SMILES string of the molecule is Cc1cc(C)c(Nc2ccc(C(=O)NCc3ccco3)cn2)c(Cl)c1. The van der Waals surface area contributed by atoms with Crippen LogP contribution in [-0.4, -0.2) is 10.9 Å². The molecular formula is C19H18ClN3O2. The molecule has 25 heavy (non-hydrogen) atoms. The number of hydrogen-bond donors (Lipinski definition) is 2. The van der Waals surface area contributed by atoms with E-state index in [2.05, 4.69) is 15.6 Å². The van der Waals surface area contributed by atoms with E-state index in [1.807, 2.05) is 26.0 Å². The first-order valence-electron chi connectivity index (χ1n) is 7.83. The fraction of sp³-hybridized carbons (Fsp3) is 0.158. The quantitative estimate of drug-likeness (QED) is 0.700. The summed E-state index contributed by atoms with van der Waals surface area (Å²) < 4.78 is 5.18. The van der Waals surface area contributed by atoms with Gasteiger partial charge in [0.05, 0.1) is 29.1 Å². The molecule has 0 bridgehead atoms. The van der Waals surface area contributed by atoms with Crippen LogP contribution in [0.3, 0.4) is 0 Å². The van der Waals surface area contributed by atoms with E-state index in [-0.39, 0.29) is 5.91 Å². The van der Waals surface area contributed by atoms with Crippen LogP contribution in [0.1, 0.15) is 27.2 Å². The van der Waals surface area contributed by atoms with Crippen LogP contribution in [0.15, 0.2) is 53.3 Å². The van der Waals surface area contributed by atoms with Gasteiger partial charge in [0, 0.05) is 6.20 Å². The molecule has 0 saturated heterocycles. The van der Waals surface area contributed by atoms with Gasteiger partial charge in [-0.1, -0.05) is 17.7 Å². The lowest BCUT2D eigenvalue weighted by atomic mass is 10.1. The molecule has 0 aliphatic carbocycles. The van der Waals surface area contributed by atoms with Gasteiger partial charge in [-0.3, -0.25) is 4.79 Å². The summed E-state index contributed by atoms with van der Waals surface area (Å²) >= 11 is 6.29. The third kappa shape index (κ3) is 4.19. The summed E-state index contributed by atoms with van der Waals surface area (Å²) in [6, 6.07) is 11.0. The molecule has 0 aliphatic heterocycles. The van der Waals surface area contributed by atoms with Gasteiger partial charge in [-0.15, -0.1) is 0 Å². The Kier molecular flexibility index (Phi) is 5.05. The van der Waals surface area contributed by atoms with Crippen LogP contribution >= 0.6 is 11.6 Å². The van der Waals surface area contributed by atoms with Crippen molar-refractivity contribution >= 4 is 29.0 Å². The first kappa shape index (κ1) is 17.0. The van der Waals surface area contributed by atoms with Crippen LogP contribution in [0, 0.1) is 13.8 Å². The van der Waals surface area contributed by atoms with E-state index in [0.717, 1.165) is 16.8 Å². The van der Waals surface area contributed by atoms with Gasteiger partial charge in [0.15, 0.2) is 0 Å². The van der Waals surface area contributed by atoms with Gasteiger partial charge in [-0.25, -0.2) is 4.98 Å². The van der Waals surface area contributed by atoms with Crippen molar-refractivity contribution in [2.75, 3.05) is 5.32 Å². The molecule has 1 amide bonds. The molecule has 3 rings (SSSR count). The number of pyridine rings is 1. The molecular weight excluding hydrogens is 338 g/mol. The van der Waals surface area contributed by atoms with Gasteiger partial charge in [0.2, 0.25) is 0 Å². The minimum atomic E-state index is -0.208. The third-order valence-electron chi connectivity index (χ3n) is 3.71. The minimum absolute atomic E-state index is 0.208. The molecule has 6 heteroatoms. The highest BCUT2D eigenvalue weighted by molar-refractivity contribution is 6.33. The molecule has 1 aromatic carbocycles. The summed E-state index contributed by atoms with van der Waals surface area (Å²) in [5.41, 5.74) is 3.43. The Hall–Kier alpha value is -2.79. The Balaban J connectivity index is 1.67. The maximum absolute atomic E-state index is 12.1. The number of nitrogens with one attached hydrogen (secondary N) is 2. The van der Waals surface area contributed by atoms with E-state index >= 15 is 0 Å². The fourth-order valence-electron chi connectivity index (χ4n) is 2.49. The Bertz CT molecular complexity index is 851. The Labute approximate surface area is 151 Å². The van der Waals surface area contributed by atoms with E-state index in [9.17, 15) is 4.79 Å². The Morgan fingerprint density at radius 2 is 2.08 bits per heavy atom. The third-order valence-corrected chi connectivity index (χ3v) is 4.01. The molecule has 0 aliphatic rings. The molecule has 5 nitrogen and oxygen atoms in total. The van der Waals surface area contributed by atoms with Crippen molar-refractivity contribution in [3.8, 4) is 0 Å². The number of anilines is 2. The van der Waals surface area contributed by atoms with Crippen molar-refractivity contribution in [2.45, 2.75) is 20.4 Å². The zero-order chi connectivity index (χ0) is 17.8. The highest BCUT2D eigenvalue weighted by atomic mass is 35.5. The lowest BCUT2D eigenvalue weighted by Crippen LogP contribution is -2.22. The molecule has 2 aromatic heterocycles. The van der Waals surface area contributed by atoms with E-state index in [1.54, 1.807) is 30.5 Å². The Morgan fingerprint density at radius 1 is 1.24 bits per heavy atom. The van der Waals surface area contributed by atoms with Crippen LogP contribution in [0.4, 0.5) is 11.5 Å². The van der Waals surface area contributed by atoms with E-state index in [4.69, 9.17) is 16.0 Å². The fourth-order valence-corrected chi connectivity index (χ4v) is 2.86. The average molecular weight is 356 g/mol. The van der Waals surface area contributed by atoms with Gasteiger partial charge in [-0.2, -0.15) is 0 Å². The summed E-state index contributed by atoms with van der Waals surface area (Å²) in [6.45, 7) is 4.32. The molecule has 0 spiro atoms. The number of furan rings is 1. The minimum Gasteiger partial charge on any atom is -0.467 e. The number of halogens is 1. The summed E-state index contributed by atoms with van der Waals surface area (Å²) in [6.07, 6.45) is 3.10. The van der Waals surface area contributed by atoms with E-state index in [1.165, 1.54) is 6.20 Å². The maximum Gasteiger partial charge on any atom is 0.253 e. The van der Waals surface area contributed by atoms with Crippen LogP contribution < -0.4 is 10.6 Å². The smallest absolute Gasteiger partial charge is 0.253 e. The lowest BCUT2D eigenvalue weighted by molar-refractivity contribution is 0.0947. The van der Waals surface area contributed by atoms with Gasteiger partial charge >= 0.3 is 0 Å². The van der Waals surface area contributed by atoms with Gasteiger partial charge < -0.3 is 15.1 Å². The number of amides is 1. The molecule has 0 atom stereocenters. The Morgan fingerprint density at radius 3 is 2.72 bits per heavy atom. The van der Waals surface area contributed by atoms with Crippen LogP contribution in [0.2, 0.25) is 5.02 Å². The predicted molar refractivity (Wildman–Crippen MR) is 98.3 cm³/mol. The molecule has 128 valence electrons. The number of carbonyl (C=O) groups excluding carboxylic acids is 1. The van der Waals surface area contributed by atoms with Crippen molar-refractivity contribution < 1.29 is 9.21 Å². The van der Waals surface area contributed by atoms with E-state index < -0.39 is 0 Å². The number of aromatic nitrogens is 1. The molecule has 0 radical (unpaired) electrons. The summed E-state index contributed by atoms with van der Waals surface area (Å²) in [4.78, 5) is 16.4. The first-order valence-corrected chi connectivity index (χ1v) is 8.21. The number of aryl methyl sites for hydroxylation is 2. The second kappa shape index (κ2) is 7.40. The molecule has 0 saturated carbocycles. The monoisotopic (exact) mass is 355 g/mol. The molecule has 2 heterocycles. The summed E-state index contributed by atoms with van der Waals surface area (Å²) in [5, 5.41) is 6.62. The highest BCUT2D eigenvalue weighted by Crippen LogP contribution is 2.29. The van der Waals surface area contributed by atoms with Crippen molar-refractivity contribution in [3.05, 3.63) is 76.3 Å². The largest absolute Gasteiger partial charge is 0.467 e. The van der Waals surface area contributed by atoms with E-state index in [0.29, 0.717) is 28.7 Å². The normalized spacial score (nSPS) is 10.5. The van der Waals surface area contributed by atoms with Crippen molar-refractivity contribution in [1.82, 2.24) is 10.3 Å². The number of nitrogens with zero attached hydrogens (tertiary/aromatic N) is 1. The van der Waals surface area contributed by atoms with Crippen LogP contribution in [0.5, 0.6) is 0 Å². The lowest BCUT2D eigenvalue weighted by Gasteiger charge is -2.12. The van der Waals surface area contributed by atoms with Crippen LogP contribution in [-0.2, 0) is 6.54 Å². The molecule has 0 unspecified atom stereocenters. The number of hydrogen-bond acceptors (Lipinski definition) is 4. The van der Waals surface area contributed by atoms with Crippen molar-refractivity contribution in [3.63, 3.8) is 0 Å². The van der Waals surface area contributed by atoms with Gasteiger partial charge in [0.25, 0.3) is 5.91 Å². The zero-order valence-corrected chi connectivity index (χ0v) is 14.7. The van der Waals surface area contributed by atoms with Crippen molar-refractivity contribution in [2.24, 2.45) is 0 Å². The van der Waals surface area contributed by atoms with Crippen molar-refractivity contribution in [1.29, 1.82) is 0 Å². The number of rotatable bonds is 5. The second-order valence-electron chi connectivity index (χ2n) is 5.76. The number of carbonyl (C=O) groups is 1. The zero-order valence-electron chi connectivity index (χ0n) is 14.0. The second-order valence-corrected chi connectivity index (χ2v) is 6.16.